The van der Waals surface area contributed by atoms with Crippen LogP contribution >= 0.6 is 0 Å². The third kappa shape index (κ3) is 5.04. The zero-order chi connectivity index (χ0) is 13.4. The van der Waals surface area contributed by atoms with Gasteiger partial charge in [0.05, 0.1) is 0 Å². The van der Waals surface area contributed by atoms with Gasteiger partial charge in [0, 0.05) is 24.3 Å². The average Bonchev–Trinajstić information content (AvgIpc) is 2.41. The minimum Gasteiger partial charge on any atom is -0.265 e. The van der Waals surface area contributed by atoms with Gasteiger partial charge in [0.25, 0.3) is 0 Å². The van der Waals surface area contributed by atoms with E-state index < -0.39 is 0 Å². The molecule has 0 atom stereocenters. The number of nitrogens with zero attached hydrogens (tertiary/aromatic N) is 3. The van der Waals surface area contributed by atoms with E-state index in [1.165, 1.54) is 5.56 Å². The maximum absolute atomic E-state index is 4.07. The predicted molar refractivity (Wildman–Crippen MR) is 74.4 cm³/mol. The molecular formula is C15H21N3. The van der Waals surface area contributed by atoms with Crippen molar-refractivity contribution in [2.45, 2.75) is 39.5 Å². The largest absolute Gasteiger partial charge is 0.265 e. The molecule has 0 saturated carbocycles. The average molecular weight is 243 g/mol. The Morgan fingerprint density at radius 2 is 1.39 bits per heavy atom. The van der Waals surface area contributed by atoms with Crippen LogP contribution in [0.5, 0.6) is 0 Å². The molecule has 0 saturated heterocycles. The number of aromatic nitrogens is 3. The van der Waals surface area contributed by atoms with Gasteiger partial charge in [-0.05, 0) is 35.6 Å². The Morgan fingerprint density at radius 1 is 0.778 bits per heavy atom. The van der Waals surface area contributed by atoms with Gasteiger partial charge in [-0.3, -0.25) is 4.98 Å². The fourth-order valence-electron chi connectivity index (χ4n) is 1.39. The molecule has 0 amide bonds. The monoisotopic (exact) mass is 243 g/mol. The van der Waals surface area contributed by atoms with E-state index in [9.17, 15) is 0 Å². The van der Waals surface area contributed by atoms with Crippen LogP contribution in [0.15, 0.2) is 43.1 Å². The summed E-state index contributed by atoms with van der Waals surface area (Å²) in [6.07, 6.45) is 7.00. The highest BCUT2D eigenvalue weighted by molar-refractivity contribution is 5.13. The second-order valence-electron chi connectivity index (χ2n) is 4.72. The van der Waals surface area contributed by atoms with Gasteiger partial charge in [-0.25, -0.2) is 9.97 Å². The number of hydrogen-bond acceptors (Lipinski definition) is 3. The maximum atomic E-state index is 4.07. The van der Waals surface area contributed by atoms with Gasteiger partial charge in [0.2, 0.25) is 0 Å². The van der Waals surface area contributed by atoms with Gasteiger partial charge in [-0.2, -0.15) is 0 Å². The molecule has 0 aliphatic heterocycles. The Kier molecular flexibility index (Phi) is 5.98. The molecule has 0 aliphatic carbocycles. The van der Waals surface area contributed by atoms with Crippen molar-refractivity contribution in [3.8, 4) is 0 Å². The summed E-state index contributed by atoms with van der Waals surface area (Å²) in [7, 11) is 0. The molecule has 0 aromatic carbocycles. The van der Waals surface area contributed by atoms with Crippen LogP contribution in [-0.2, 0) is 0 Å². The van der Waals surface area contributed by atoms with E-state index in [1.54, 1.807) is 12.5 Å². The molecule has 2 aromatic heterocycles. The molecule has 0 aliphatic rings. The van der Waals surface area contributed by atoms with E-state index in [2.05, 4.69) is 42.6 Å². The third-order valence-corrected chi connectivity index (χ3v) is 2.57. The van der Waals surface area contributed by atoms with E-state index in [0.29, 0.717) is 11.8 Å². The maximum Gasteiger partial charge on any atom is 0.115 e. The summed E-state index contributed by atoms with van der Waals surface area (Å²) in [6, 6.07) is 6.03. The number of hydrogen-bond donors (Lipinski definition) is 0. The van der Waals surface area contributed by atoms with Crippen molar-refractivity contribution in [1.82, 2.24) is 15.0 Å². The standard InChI is InChI=1S/C8H11N.C7H10N2/c1-7(2)8-3-5-9-6-4-8;1-6(2)7-3-4-8-5-9-7/h3-7H,1-2H3;3-6H,1-2H3. The molecule has 0 N–H and O–H groups in total. The van der Waals surface area contributed by atoms with E-state index in [4.69, 9.17) is 0 Å². The van der Waals surface area contributed by atoms with Crippen molar-refractivity contribution in [3.63, 3.8) is 0 Å². The zero-order valence-electron chi connectivity index (χ0n) is 11.5. The number of pyridine rings is 1. The SMILES string of the molecule is CC(C)c1ccncc1.CC(C)c1ccncn1. The van der Waals surface area contributed by atoms with Crippen molar-refractivity contribution >= 4 is 0 Å². The second kappa shape index (κ2) is 7.54. The van der Waals surface area contributed by atoms with Crippen molar-refractivity contribution < 1.29 is 0 Å². The smallest absolute Gasteiger partial charge is 0.115 e. The first kappa shape index (κ1) is 14.3. The summed E-state index contributed by atoms with van der Waals surface area (Å²) in [6.45, 7) is 8.58. The van der Waals surface area contributed by atoms with Gasteiger partial charge in [-0.15, -0.1) is 0 Å². The molecule has 0 bridgehead atoms. The normalized spacial score (nSPS) is 10.1. The van der Waals surface area contributed by atoms with E-state index in [-0.39, 0.29) is 0 Å². The van der Waals surface area contributed by atoms with Crippen LogP contribution in [0.2, 0.25) is 0 Å². The Balaban J connectivity index is 0.000000180. The van der Waals surface area contributed by atoms with Crippen molar-refractivity contribution in [2.75, 3.05) is 0 Å². The van der Waals surface area contributed by atoms with Crippen molar-refractivity contribution in [2.24, 2.45) is 0 Å². The van der Waals surface area contributed by atoms with Crippen molar-refractivity contribution in [3.05, 3.63) is 54.4 Å². The minimum atomic E-state index is 0.507. The summed E-state index contributed by atoms with van der Waals surface area (Å²) < 4.78 is 0. The molecule has 2 heterocycles. The first-order chi connectivity index (χ1) is 8.61. The highest BCUT2D eigenvalue weighted by atomic mass is 14.8. The fourth-order valence-corrected chi connectivity index (χ4v) is 1.39. The number of rotatable bonds is 2. The molecule has 0 fully saturated rings. The van der Waals surface area contributed by atoms with Crippen LogP contribution in [0.4, 0.5) is 0 Å². The second-order valence-corrected chi connectivity index (χ2v) is 4.72. The molecule has 2 aromatic rings. The minimum absolute atomic E-state index is 0.507. The molecule has 0 unspecified atom stereocenters. The topological polar surface area (TPSA) is 38.7 Å². The fraction of sp³-hybridized carbons (Fsp3) is 0.400. The third-order valence-electron chi connectivity index (χ3n) is 2.57. The highest BCUT2D eigenvalue weighted by Crippen LogP contribution is 2.10. The molecule has 3 nitrogen and oxygen atoms in total. The summed E-state index contributed by atoms with van der Waals surface area (Å²) >= 11 is 0. The van der Waals surface area contributed by atoms with Crippen LogP contribution in [0.3, 0.4) is 0 Å². The lowest BCUT2D eigenvalue weighted by molar-refractivity contribution is 0.814. The van der Waals surface area contributed by atoms with Crippen LogP contribution in [0, 0.1) is 0 Å². The van der Waals surface area contributed by atoms with E-state index >= 15 is 0 Å². The van der Waals surface area contributed by atoms with Crippen LogP contribution in [0.25, 0.3) is 0 Å². The van der Waals surface area contributed by atoms with E-state index in [1.807, 2.05) is 30.6 Å². The van der Waals surface area contributed by atoms with Gasteiger partial charge in [-0.1, -0.05) is 27.7 Å². The molecule has 0 radical (unpaired) electrons. The zero-order valence-corrected chi connectivity index (χ0v) is 11.5. The lowest BCUT2D eigenvalue weighted by Gasteiger charge is -2.01. The first-order valence-corrected chi connectivity index (χ1v) is 6.27. The van der Waals surface area contributed by atoms with E-state index in [0.717, 1.165) is 5.69 Å². The van der Waals surface area contributed by atoms with Gasteiger partial charge >= 0.3 is 0 Å². The summed E-state index contributed by atoms with van der Waals surface area (Å²) in [5, 5.41) is 0. The summed E-state index contributed by atoms with van der Waals surface area (Å²) in [4.78, 5) is 11.8. The predicted octanol–water partition coefficient (Wildman–Crippen LogP) is 3.81. The van der Waals surface area contributed by atoms with Gasteiger partial charge in [0.1, 0.15) is 6.33 Å². The molecule has 2 rings (SSSR count). The molecule has 18 heavy (non-hydrogen) atoms. The van der Waals surface area contributed by atoms with Crippen LogP contribution < -0.4 is 0 Å². The highest BCUT2D eigenvalue weighted by Gasteiger charge is 1.96. The lowest BCUT2D eigenvalue weighted by atomic mass is 10.1. The van der Waals surface area contributed by atoms with Crippen molar-refractivity contribution in [1.29, 1.82) is 0 Å². The quantitative estimate of drug-likeness (QED) is 0.805. The molecule has 0 spiro atoms. The van der Waals surface area contributed by atoms with Gasteiger partial charge in [0.15, 0.2) is 0 Å². The lowest BCUT2D eigenvalue weighted by Crippen LogP contribution is -1.90. The molecule has 3 heteroatoms. The van der Waals surface area contributed by atoms with Crippen LogP contribution in [-0.4, -0.2) is 15.0 Å². The molecule has 96 valence electrons. The summed E-state index contributed by atoms with van der Waals surface area (Å²) in [5.74, 6) is 1.13. The van der Waals surface area contributed by atoms with Gasteiger partial charge < -0.3 is 0 Å². The van der Waals surface area contributed by atoms with Crippen LogP contribution in [0.1, 0.15) is 50.8 Å². The molecular weight excluding hydrogens is 222 g/mol. The summed E-state index contributed by atoms with van der Waals surface area (Å²) in [5.41, 5.74) is 2.45. The Morgan fingerprint density at radius 3 is 1.72 bits per heavy atom. The Bertz CT molecular complexity index is 381. The Labute approximate surface area is 109 Å². The first-order valence-electron chi connectivity index (χ1n) is 6.27. The Hall–Kier alpha value is -1.77.